The highest BCUT2D eigenvalue weighted by Crippen LogP contribution is 2.41. The number of aliphatic hydroxyl groups is 1. The van der Waals surface area contributed by atoms with Gasteiger partial charge in [-0.05, 0) is 48.7 Å². The first-order valence-corrected chi connectivity index (χ1v) is 9.19. The van der Waals surface area contributed by atoms with Crippen molar-refractivity contribution in [3.8, 4) is 29.0 Å². The molecule has 0 bridgehead atoms. The minimum atomic E-state index is -0.761. The normalized spacial score (nSPS) is 14.5. The van der Waals surface area contributed by atoms with Gasteiger partial charge in [0.05, 0.1) is 29.1 Å². The molecule has 0 aliphatic heterocycles. The van der Waals surface area contributed by atoms with E-state index in [-0.39, 0.29) is 6.54 Å². The zero-order chi connectivity index (χ0) is 19.7. The highest BCUT2D eigenvalue weighted by Gasteiger charge is 2.27. The molecule has 1 fully saturated rings. The fraction of sp³-hybridized carbons (Fsp3) is 0.286. The van der Waals surface area contributed by atoms with Crippen molar-refractivity contribution in [2.45, 2.75) is 24.9 Å². The van der Waals surface area contributed by atoms with E-state index >= 15 is 0 Å². The Bertz CT molecular complexity index is 1050. The fourth-order valence-corrected chi connectivity index (χ4v) is 3.08. The Kier molecular flexibility index (Phi) is 4.82. The van der Waals surface area contributed by atoms with Gasteiger partial charge in [-0.1, -0.05) is 0 Å². The van der Waals surface area contributed by atoms with Gasteiger partial charge in [0.15, 0.2) is 0 Å². The summed E-state index contributed by atoms with van der Waals surface area (Å²) in [5.74, 6) is 1.64. The maximum absolute atomic E-state index is 10.0. The highest BCUT2D eigenvalue weighted by molar-refractivity contribution is 5.69. The molecule has 3 aromatic rings. The molecular formula is C21H21N5O2. The second kappa shape index (κ2) is 7.43. The minimum Gasteiger partial charge on any atom is -0.439 e. The Balaban J connectivity index is 1.74. The molecule has 7 nitrogen and oxygen atoms in total. The van der Waals surface area contributed by atoms with Gasteiger partial charge in [-0.15, -0.1) is 0 Å². The summed E-state index contributed by atoms with van der Waals surface area (Å²) in [5, 5.41) is 23.9. The summed E-state index contributed by atoms with van der Waals surface area (Å²) in [6.45, 7) is 0.124. The number of pyridine rings is 1. The second-order valence-corrected chi connectivity index (χ2v) is 6.96. The van der Waals surface area contributed by atoms with Crippen molar-refractivity contribution in [1.29, 1.82) is 5.26 Å². The van der Waals surface area contributed by atoms with E-state index in [0.29, 0.717) is 34.4 Å². The summed E-state index contributed by atoms with van der Waals surface area (Å²) in [6.07, 6.45) is 3.18. The highest BCUT2D eigenvalue weighted by atomic mass is 16.5. The zero-order valence-electron chi connectivity index (χ0n) is 15.5. The lowest BCUT2D eigenvalue weighted by Crippen LogP contribution is -2.11. The molecule has 1 aromatic carbocycles. The lowest BCUT2D eigenvalue weighted by atomic mass is 10.0. The molecule has 1 unspecified atom stereocenters. The number of aliphatic hydroxyl groups excluding tert-OH is 1. The van der Waals surface area contributed by atoms with Gasteiger partial charge in [-0.3, -0.25) is 4.98 Å². The molecule has 2 heterocycles. The molecule has 2 aromatic heterocycles. The number of ether oxygens (including phenoxy) is 1. The van der Waals surface area contributed by atoms with Crippen molar-refractivity contribution in [1.82, 2.24) is 14.8 Å². The number of aryl methyl sites for hydroxylation is 1. The van der Waals surface area contributed by atoms with Crippen molar-refractivity contribution in [2.75, 3.05) is 6.54 Å². The van der Waals surface area contributed by atoms with E-state index in [1.165, 1.54) is 0 Å². The van der Waals surface area contributed by atoms with Crippen LogP contribution in [0.5, 0.6) is 11.6 Å². The maximum atomic E-state index is 10.0. The van der Waals surface area contributed by atoms with E-state index < -0.39 is 6.10 Å². The lowest BCUT2D eigenvalue weighted by Gasteiger charge is -2.13. The van der Waals surface area contributed by atoms with Crippen LogP contribution >= 0.6 is 0 Å². The van der Waals surface area contributed by atoms with Crippen molar-refractivity contribution >= 4 is 0 Å². The van der Waals surface area contributed by atoms with Gasteiger partial charge in [0.2, 0.25) is 5.88 Å². The number of hydrogen-bond acceptors (Lipinski definition) is 6. The summed E-state index contributed by atoms with van der Waals surface area (Å²) in [6, 6.07) is 12.8. The third-order valence-electron chi connectivity index (χ3n) is 4.84. The number of aromatic nitrogens is 3. The van der Waals surface area contributed by atoms with Crippen molar-refractivity contribution in [3.05, 3.63) is 59.4 Å². The third kappa shape index (κ3) is 3.60. The van der Waals surface area contributed by atoms with Gasteiger partial charge in [0.25, 0.3) is 0 Å². The molecule has 0 spiro atoms. The molecule has 0 amide bonds. The van der Waals surface area contributed by atoms with Crippen LogP contribution in [-0.2, 0) is 7.05 Å². The molecule has 1 saturated carbocycles. The average molecular weight is 375 g/mol. The number of nitrogens with zero attached hydrogens (tertiary/aromatic N) is 4. The van der Waals surface area contributed by atoms with Crippen LogP contribution in [-0.4, -0.2) is 26.4 Å². The standard InChI is InChI=1S/C21H21N5O2/c1-26-21(10-17(25-26)14-3-4-14)28-20-8-13(11-22)2-5-16(20)18-9-15(6-7-24-18)19(27)12-23/h2,5-10,14,19,27H,3-4,12,23H2,1H3. The van der Waals surface area contributed by atoms with Gasteiger partial charge in [-0.2, -0.15) is 10.4 Å². The predicted molar refractivity (Wildman–Crippen MR) is 104 cm³/mol. The van der Waals surface area contributed by atoms with Gasteiger partial charge in [0.1, 0.15) is 5.75 Å². The molecule has 1 aliphatic rings. The summed E-state index contributed by atoms with van der Waals surface area (Å²) in [4.78, 5) is 4.41. The number of nitriles is 1. The Morgan fingerprint density at radius 1 is 1.32 bits per heavy atom. The molecule has 3 N–H and O–H groups in total. The van der Waals surface area contributed by atoms with Gasteiger partial charge in [0, 0.05) is 37.3 Å². The van der Waals surface area contributed by atoms with Crippen molar-refractivity contribution in [2.24, 2.45) is 12.8 Å². The van der Waals surface area contributed by atoms with Gasteiger partial charge in [-0.25, -0.2) is 4.68 Å². The molecule has 0 radical (unpaired) electrons. The first-order valence-electron chi connectivity index (χ1n) is 9.19. The molecule has 7 heteroatoms. The summed E-state index contributed by atoms with van der Waals surface area (Å²) >= 11 is 0. The molecule has 0 saturated heterocycles. The average Bonchev–Trinajstić information content (AvgIpc) is 3.51. The molecule has 28 heavy (non-hydrogen) atoms. The molecule has 1 aliphatic carbocycles. The Morgan fingerprint density at radius 3 is 2.86 bits per heavy atom. The van der Waals surface area contributed by atoms with Crippen LogP contribution < -0.4 is 10.5 Å². The number of rotatable bonds is 6. The topological polar surface area (TPSA) is 110 Å². The van der Waals surface area contributed by atoms with Gasteiger partial charge < -0.3 is 15.6 Å². The van der Waals surface area contributed by atoms with Crippen LogP contribution in [0.15, 0.2) is 42.6 Å². The second-order valence-electron chi connectivity index (χ2n) is 6.96. The Labute approximate surface area is 163 Å². The monoisotopic (exact) mass is 375 g/mol. The predicted octanol–water partition coefficient (Wildman–Crippen LogP) is 3.02. The van der Waals surface area contributed by atoms with E-state index in [4.69, 9.17) is 10.5 Å². The number of nitrogens with two attached hydrogens (primary N) is 1. The van der Waals surface area contributed by atoms with Crippen LogP contribution in [0.25, 0.3) is 11.3 Å². The van der Waals surface area contributed by atoms with Crippen LogP contribution in [0.3, 0.4) is 0 Å². The van der Waals surface area contributed by atoms with E-state index in [9.17, 15) is 10.4 Å². The van der Waals surface area contributed by atoms with E-state index in [1.54, 1.807) is 41.2 Å². The summed E-state index contributed by atoms with van der Waals surface area (Å²) in [5.41, 5.74) is 9.12. The van der Waals surface area contributed by atoms with Crippen molar-refractivity contribution < 1.29 is 9.84 Å². The zero-order valence-corrected chi connectivity index (χ0v) is 15.5. The largest absolute Gasteiger partial charge is 0.439 e. The van der Waals surface area contributed by atoms with Crippen LogP contribution in [0.4, 0.5) is 0 Å². The number of benzene rings is 1. The van der Waals surface area contributed by atoms with E-state index in [1.807, 2.05) is 13.1 Å². The first-order chi connectivity index (χ1) is 13.6. The van der Waals surface area contributed by atoms with Crippen LogP contribution in [0, 0.1) is 11.3 Å². The lowest BCUT2D eigenvalue weighted by molar-refractivity contribution is 0.186. The SMILES string of the molecule is Cn1nc(C2CC2)cc1Oc1cc(C#N)ccc1-c1cc(C(O)CN)ccn1. The van der Waals surface area contributed by atoms with Gasteiger partial charge >= 0.3 is 0 Å². The van der Waals surface area contributed by atoms with Crippen molar-refractivity contribution in [3.63, 3.8) is 0 Å². The van der Waals surface area contributed by atoms with E-state index in [0.717, 1.165) is 24.1 Å². The maximum Gasteiger partial charge on any atom is 0.217 e. The Morgan fingerprint density at radius 2 is 2.14 bits per heavy atom. The van der Waals surface area contributed by atoms with Crippen LogP contribution in [0.1, 0.15) is 41.7 Å². The number of hydrogen-bond donors (Lipinski definition) is 2. The first kappa shape index (κ1) is 18.2. The molecule has 142 valence electrons. The Hall–Kier alpha value is -3.21. The fourth-order valence-electron chi connectivity index (χ4n) is 3.08. The smallest absolute Gasteiger partial charge is 0.217 e. The molecule has 1 atom stereocenters. The summed E-state index contributed by atoms with van der Waals surface area (Å²) < 4.78 is 7.85. The molecular weight excluding hydrogens is 354 g/mol. The third-order valence-corrected chi connectivity index (χ3v) is 4.84. The summed E-state index contributed by atoms with van der Waals surface area (Å²) in [7, 11) is 1.84. The molecule has 4 rings (SSSR count). The van der Waals surface area contributed by atoms with Crippen LogP contribution in [0.2, 0.25) is 0 Å². The minimum absolute atomic E-state index is 0.124. The quantitative estimate of drug-likeness (QED) is 0.685. The van der Waals surface area contributed by atoms with E-state index in [2.05, 4.69) is 16.2 Å².